The fourth-order valence-electron chi connectivity index (χ4n) is 2.33. The van der Waals surface area contributed by atoms with Crippen LogP contribution in [-0.2, 0) is 13.6 Å². The summed E-state index contributed by atoms with van der Waals surface area (Å²) in [7, 11) is 1.94. The van der Waals surface area contributed by atoms with Gasteiger partial charge in [-0.2, -0.15) is 5.10 Å². The van der Waals surface area contributed by atoms with Crippen molar-refractivity contribution in [2.45, 2.75) is 38.3 Å². The smallest absolute Gasteiger partial charge is 0.0540 e. The second kappa shape index (κ2) is 5.46. The van der Waals surface area contributed by atoms with Crippen LogP contribution in [0, 0.1) is 5.92 Å². The molecule has 4 heteroatoms. The van der Waals surface area contributed by atoms with Crippen molar-refractivity contribution in [1.29, 1.82) is 0 Å². The standard InChI is InChI=1S/C12H21N3O/c1-15-9-11(8-14-15)7-13-6-10-2-4-12(16)5-3-10/h8-10,12-13,16H,2-7H2,1H3. The second-order valence-electron chi connectivity index (χ2n) is 4.83. The van der Waals surface area contributed by atoms with E-state index in [1.165, 1.54) is 5.56 Å². The highest BCUT2D eigenvalue weighted by molar-refractivity contribution is 5.02. The normalized spacial score (nSPS) is 25.9. The predicted octanol–water partition coefficient (Wildman–Crippen LogP) is 1.06. The summed E-state index contributed by atoms with van der Waals surface area (Å²) in [6.45, 7) is 1.95. The monoisotopic (exact) mass is 223 g/mol. The maximum atomic E-state index is 9.40. The van der Waals surface area contributed by atoms with E-state index in [1.807, 2.05) is 24.1 Å². The minimum Gasteiger partial charge on any atom is -0.393 e. The van der Waals surface area contributed by atoms with Crippen LogP contribution in [0.5, 0.6) is 0 Å². The molecule has 1 aliphatic carbocycles. The van der Waals surface area contributed by atoms with Gasteiger partial charge in [-0.25, -0.2) is 0 Å². The highest BCUT2D eigenvalue weighted by Gasteiger charge is 2.18. The van der Waals surface area contributed by atoms with Crippen LogP contribution in [0.15, 0.2) is 12.4 Å². The molecule has 16 heavy (non-hydrogen) atoms. The van der Waals surface area contributed by atoms with Gasteiger partial charge < -0.3 is 10.4 Å². The Kier molecular flexibility index (Phi) is 3.96. The Bertz CT molecular complexity index is 316. The lowest BCUT2D eigenvalue weighted by Crippen LogP contribution is -2.27. The third-order valence-corrected chi connectivity index (χ3v) is 3.34. The lowest BCUT2D eigenvalue weighted by Gasteiger charge is -2.25. The molecule has 1 fully saturated rings. The van der Waals surface area contributed by atoms with Crippen molar-refractivity contribution in [3.8, 4) is 0 Å². The number of aromatic nitrogens is 2. The Balaban J connectivity index is 1.64. The van der Waals surface area contributed by atoms with Crippen molar-refractivity contribution >= 4 is 0 Å². The SMILES string of the molecule is Cn1cc(CNCC2CCC(O)CC2)cn1. The van der Waals surface area contributed by atoms with Gasteiger partial charge in [0, 0.05) is 25.4 Å². The van der Waals surface area contributed by atoms with E-state index in [1.54, 1.807) is 0 Å². The lowest BCUT2D eigenvalue weighted by atomic mass is 9.87. The highest BCUT2D eigenvalue weighted by atomic mass is 16.3. The van der Waals surface area contributed by atoms with Gasteiger partial charge >= 0.3 is 0 Å². The zero-order chi connectivity index (χ0) is 11.4. The first-order chi connectivity index (χ1) is 7.74. The van der Waals surface area contributed by atoms with E-state index in [4.69, 9.17) is 0 Å². The molecule has 0 bridgehead atoms. The number of nitrogens with zero attached hydrogens (tertiary/aromatic N) is 2. The molecule has 0 aliphatic heterocycles. The second-order valence-corrected chi connectivity index (χ2v) is 4.83. The third kappa shape index (κ3) is 3.32. The summed E-state index contributed by atoms with van der Waals surface area (Å²) in [4.78, 5) is 0. The molecule has 1 aromatic rings. The molecule has 0 aromatic carbocycles. The quantitative estimate of drug-likeness (QED) is 0.802. The van der Waals surface area contributed by atoms with Gasteiger partial charge in [0.15, 0.2) is 0 Å². The van der Waals surface area contributed by atoms with Crippen molar-refractivity contribution in [3.63, 3.8) is 0 Å². The largest absolute Gasteiger partial charge is 0.393 e. The summed E-state index contributed by atoms with van der Waals surface area (Å²) in [5.41, 5.74) is 1.23. The Labute approximate surface area is 96.7 Å². The van der Waals surface area contributed by atoms with Crippen LogP contribution in [0.4, 0.5) is 0 Å². The summed E-state index contributed by atoms with van der Waals surface area (Å²) in [5.74, 6) is 0.736. The Morgan fingerprint density at radius 3 is 2.81 bits per heavy atom. The number of hydrogen-bond acceptors (Lipinski definition) is 3. The number of nitrogens with one attached hydrogen (secondary N) is 1. The fourth-order valence-corrected chi connectivity index (χ4v) is 2.33. The molecule has 0 atom stereocenters. The van der Waals surface area contributed by atoms with Crippen molar-refractivity contribution in [1.82, 2.24) is 15.1 Å². The van der Waals surface area contributed by atoms with Crippen LogP contribution >= 0.6 is 0 Å². The van der Waals surface area contributed by atoms with Crippen molar-refractivity contribution in [2.24, 2.45) is 13.0 Å². The van der Waals surface area contributed by atoms with E-state index < -0.39 is 0 Å². The predicted molar refractivity (Wildman–Crippen MR) is 62.9 cm³/mol. The van der Waals surface area contributed by atoms with Gasteiger partial charge in [0.25, 0.3) is 0 Å². The molecule has 1 heterocycles. The van der Waals surface area contributed by atoms with Gasteiger partial charge in [-0.15, -0.1) is 0 Å². The van der Waals surface area contributed by atoms with Crippen LogP contribution < -0.4 is 5.32 Å². The van der Waals surface area contributed by atoms with Gasteiger partial charge in [0.2, 0.25) is 0 Å². The van der Waals surface area contributed by atoms with Gasteiger partial charge in [-0.05, 0) is 38.1 Å². The minimum atomic E-state index is -0.0467. The van der Waals surface area contributed by atoms with Gasteiger partial charge in [-0.1, -0.05) is 0 Å². The van der Waals surface area contributed by atoms with E-state index in [-0.39, 0.29) is 6.10 Å². The summed E-state index contributed by atoms with van der Waals surface area (Å²) >= 11 is 0. The number of aliphatic hydroxyl groups is 1. The van der Waals surface area contributed by atoms with Crippen LogP contribution in [-0.4, -0.2) is 27.5 Å². The molecular formula is C12H21N3O. The molecule has 2 rings (SSSR count). The van der Waals surface area contributed by atoms with Gasteiger partial charge in [0.1, 0.15) is 0 Å². The van der Waals surface area contributed by atoms with E-state index in [2.05, 4.69) is 10.4 Å². The number of aryl methyl sites for hydroxylation is 1. The number of hydrogen-bond donors (Lipinski definition) is 2. The molecule has 90 valence electrons. The van der Waals surface area contributed by atoms with E-state index >= 15 is 0 Å². The molecule has 1 aromatic heterocycles. The molecule has 0 radical (unpaired) electrons. The molecule has 4 nitrogen and oxygen atoms in total. The maximum Gasteiger partial charge on any atom is 0.0540 e. The Hall–Kier alpha value is -0.870. The Morgan fingerprint density at radius 2 is 2.19 bits per heavy atom. The Morgan fingerprint density at radius 1 is 1.44 bits per heavy atom. The zero-order valence-corrected chi connectivity index (χ0v) is 9.89. The molecule has 1 saturated carbocycles. The maximum absolute atomic E-state index is 9.40. The molecule has 0 saturated heterocycles. The minimum absolute atomic E-state index is 0.0467. The molecule has 0 amide bonds. The van der Waals surface area contributed by atoms with Gasteiger partial charge in [0.05, 0.1) is 12.3 Å². The molecule has 2 N–H and O–H groups in total. The molecule has 0 unspecified atom stereocenters. The van der Waals surface area contributed by atoms with Crippen LogP contribution in [0.2, 0.25) is 0 Å². The average Bonchev–Trinajstić information content (AvgIpc) is 2.67. The first-order valence-electron chi connectivity index (χ1n) is 6.10. The molecule has 1 aliphatic rings. The molecular weight excluding hydrogens is 202 g/mol. The summed E-state index contributed by atoms with van der Waals surface area (Å²) in [6, 6.07) is 0. The topological polar surface area (TPSA) is 50.1 Å². The third-order valence-electron chi connectivity index (χ3n) is 3.34. The first kappa shape index (κ1) is 11.6. The van der Waals surface area contributed by atoms with Crippen LogP contribution in [0.1, 0.15) is 31.2 Å². The average molecular weight is 223 g/mol. The van der Waals surface area contributed by atoms with E-state index in [9.17, 15) is 5.11 Å². The first-order valence-corrected chi connectivity index (χ1v) is 6.10. The van der Waals surface area contributed by atoms with Gasteiger partial charge in [-0.3, -0.25) is 4.68 Å². The van der Waals surface area contributed by atoms with Crippen LogP contribution in [0.3, 0.4) is 0 Å². The number of aliphatic hydroxyl groups excluding tert-OH is 1. The zero-order valence-electron chi connectivity index (χ0n) is 9.89. The number of rotatable bonds is 4. The lowest BCUT2D eigenvalue weighted by molar-refractivity contribution is 0.108. The van der Waals surface area contributed by atoms with Crippen molar-refractivity contribution in [3.05, 3.63) is 18.0 Å². The molecule has 0 spiro atoms. The van der Waals surface area contributed by atoms with E-state index in [0.717, 1.165) is 44.7 Å². The fraction of sp³-hybridized carbons (Fsp3) is 0.750. The summed E-state index contributed by atoms with van der Waals surface area (Å²) in [6.07, 6.45) is 8.14. The van der Waals surface area contributed by atoms with Crippen molar-refractivity contribution < 1.29 is 5.11 Å². The summed E-state index contributed by atoms with van der Waals surface area (Å²) in [5, 5.41) is 17.0. The van der Waals surface area contributed by atoms with Crippen LogP contribution in [0.25, 0.3) is 0 Å². The summed E-state index contributed by atoms with van der Waals surface area (Å²) < 4.78 is 1.83. The van der Waals surface area contributed by atoms with E-state index in [0.29, 0.717) is 0 Å². The highest BCUT2D eigenvalue weighted by Crippen LogP contribution is 2.23. The van der Waals surface area contributed by atoms with Crippen molar-refractivity contribution in [2.75, 3.05) is 6.54 Å².